The molecule has 0 saturated heterocycles. The quantitative estimate of drug-likeness (QED) is 0.553. The van der Waals surface area contributed by atoms with Crippen LogP contribution in [-0.2, 0) is 0 Å². The number of halogens is 2. The second-order valence-electron chi connectivity index (χ2n) is 2.36. The highest BCUT2D eigenvalue weighted by atomic mass is 127. The summed E-state index contributed by atoms with van der Waals surface area (Å²) in [6.45, 7) is 0. The van der Waals surface area contributed by atoms with E-state index in [1.807, 2.05) is 17.5 Å². The fraction of sp³-hybridized carbons (Fsp3) is 0. The Labute approximate surface area is 92.3 Å². The van der Waals surface area contributed by atoms with Gasteiger partial charge in [0, 0.05) is 3.57 Å². The molecule has 0 spiro atoms. The Balaban J connectivity index is 2.94. The molecule has 2 aromatic rings. The molecular formula is C8H4FIS2. The van der Waals surface area contributed by atoms with Crippen molar-refractivity contribution < 1.29 is 4.39 Å². The molecule has 12 heavy (non-hydrogen) atoms. The first-order valence-electron chi connectivity index (χ1n) is 3.24. The lowest BCUT2D eigenvalue weighted by molar-refractivity contribution is 0.615. The van der Waals surface area contributed by atoms with Gasteiger partial charge in [-0.3, -0.25) is 0 Å². The first kappa shape index (κ1) is 8.77. The number of hydrogen-bond acceptors (Lipinski definition) is 2. The Kier molecular flexibility index (Phi) is 2.31. The maximum Gasteiger partial charge on any atom is 0.155 e. The van der Waals surface area contributed by atoms with Crippen LogP contribution < -0.4 is 0 Å². The predicted octanol–water partition coefficient (Wildman–Crippen LogP) is 3.93. The molecule has 0 aliphatic heterocycles. The van der Waals surface area contributed by atoms with E-state index in [0.717, 1.165) is 8.96 Å². The molecule has 0 saturated carbocycles. The van der Waals surface area contributed by atoms with Crippen LogP contribution in [0.4, 0.5) is 4.39 Å². The van der Waals surface area contributed by atoms with Gasteiger partial charge in [0.2, 0.25) is 0 Å². The van der Waals surface area contributed by atoms with Gasteiger partial charge in [-0.2, -0.15) is 0 Å². The smallest absolute Gasteiger partial charge is 0.155 e. The Morgan fingerprint density at radius 3 is 3.00 bits per heavy atom. The molecule has 0 unspecified atom stereocenters. The van der Waals surface area contributed by atoms with E-state index in [9.17, 15) is 4.39 Å². The van der Waals surface area contributed by atoms with E-state index in [2.05, 4.69) is 35.2 Å². The minimum atomic E-state index is -0.199. The Bertz CT molecular complexity index is 436. The largest absolute Gasteiger partial charge is 0.204 e. The molecule has 1 heterocycles. The van der Waals surface area contributed by atoms with Crippen LogP contribution in [0, 0.1) is 9.39 Å². The van der Waals surface area contributed by atoms with Crippen molar-refractivity contribution in [2.24, 2.45) is 0 Å². The van der Waals surface area contributed by atoms with Crippen LogP contribution in [0.15, 0.2) is 22.4 Å². The van der Waals surface area contributed by atoms with Gasteiger partial charge < -0.3 is 0 Å². The molecule has 0 N–H and O–H groups in total. The summed E-state index contributed by atoms with van der Waals surface area (Å²) in [5.41, 5.74) is 0. The van der Waals surface area contributed by atoms with E-state index < -0.39 is 0 Å². The average molecular weight is 310 g/mol. The lowest BCUT2D eigenvalue weighted by atomic mass is 10.2. The Morgan fingerprint density at radius 2 is 2.25 bits per heavy atom. The number of thiol groups is 1. The summed E-state index contributed by atoms with van der Waals surface area (Å²) in [4.78, 5) is 0.450. The average Bonchev–Trinajstić information content (AvgIpc) is 2.48. The summed E-state index contributed by atoms with van der Waals surface area (Å²) < 4.78 is 15.0. The molecule has 0 atom stereocenters. The van der Waals surface area contributed by atoms with Gasteiger partial charge in [-0.1, -0.05) is 0 Å². The van der Waals surface area contributed by atoms with Gasteiger partial charge in [0.1, 0.15) is 0 Å². The molecule has 0 radical (unpaired) electrons. The summed E-state index contributed by atoms with van der Waals surface area (Å²) in [5, 5.41) is 2.84. The zero-order valence-corrected chi connectivity index (χ0v) is 9.71. The summed E-state index contributed by atoms with van der Waals surface area (Å²) in [7, 11) is 0. The van der Waals surface area contributed by atoms with Gasteiger partial charge in [0.05, 0.1) is 9.60 Å². The van der Waals surface area contributed by atoms with Gasteiger partial charge in [0.15, 0.2) is 5.82 Å². The number of hydrogen-bond donors (Lipinski definition) is 1. The minimum Gasteiger partial charge on any atom is -0.204 e. The van der Waals surface area contributed by atoms with Crippen LogP contribution in [0.5, 0.6) is 0 Å². The second kappa shape index (κ2) is 3.16. The van der Waals surface area contributed by atoms with E-state index in [-0.39, 0.29) is 5.82 Å². The number of benzene rings is 1. The zero-order valence-electron chi connectivity index (χ0n) is 5.84. The summed E-state index contributed by atoms with van der Waals surface area (Å²) in [6.07, 6.45) is 0. The van der Waals surface area contributed by atoms with Gasteiger partial charge in [-0.15, -0.1) is 24.0 Å². The van der Waals surface area contributed by atoms with Crippen LogP contribution in [0.25, 0.3) is 10.1 Å². The normalized spacial score (nSPS) is 10.9. The molecule has 2 rings (SSSR count). The van der Waals surface area contributed by atoms with Crippen LogP contribution in [0.1, 0.15) is 0 Å². The minimum absolute atomic E-state index is 0.199. The standard InChI is InChI=1S/C8H4FIS2/c9-6-7(11)5(10)3-4-1-2-12-8(4)6/h1-3,11H. The number of fused-ring (bicyclic) bond motifs is 1. The number of rotatable bonds is 0. The van der Waals surface area contributed by atoms with Gasteiger partial charge in [0.25, 0.3) is 0 Å². The third kappa shape index (κ3) is 1.25. The SMILES string of the molecule is Fc1c(S)c(I)cc2ccsc12. The third-order valence-electron chi connectivity index (χ3n) is 1.61. The highest BCUT2D eigenvalue weighted by Crippen LogP contribution is 2.31. The first-order valence-corrected chi connectivity index (χ1v) is 5.65. The summed E-state index contributed by atoms with van der Waals surface area (Å²) in [5.74, 6) is -0.199. The summed E-state index contributed by atoms with van der Waals surface area (Å²) >= 11 is 7.58. The first-order chi connectivity index (χ1) is 5.70. The van der Waals surface area contributed by atoms with Crippen molar-refractivity contribution >= 4 is 56.6 Å². The summed E-state index contributed by atoms with van der Waals surface area (Å²) in [6, 6.07) is 3.86. The molecule has 0 aliphatic carbocycles. The number of thiophene rings is 1. The highest BCUT2D eigenvalue weighted by molar-refractivity contribution is 14.1. The van der Waals surface area contributed by atoms with Crippen molar-refractivity contribution in [3.05, 3.63) is 26.9 Å². The van der Waals surface area contributed by atoms with Gasteiger partial charge in [-0.25, -0.2) is 4.39 Å². The predicted molar refractivity (Wildman–Crippen MR) is 61.8 cm³/mol. The Morgan fingerprint density at radius 1 is 1.50 bits per heavy atom. The van der Waals surface area contributed by atoms with Crippen molar-refractivity contribution in [1.82, 2.24) is 0 Å². The molecule has 0 aliphatic rings. The van der Waals surface area contributed by atoms with Crippen molar-refractivity contribution in [2.75, 3.05) is 0 Å². The molecule has 4 heteroatoms. The molecule has 0 amide bonds. The maximum atomic E-state index is 13.4. The maximum absolute atomic E-state index is 13.4. The van der Waals surface area contributed by atoms with Crippen LogP contribution in [0.3, 0.4) is 0 Å². The third-order valence-corrected chi connectivity index (χ3v) is 4.25. The molecule has 0 nitrogen and oxygen atoms in total. The van der Waals surface area contributed by atoms with Crippen LogP contribution >= 0.6 is 46.6 Å². The van der Waals surface area contributed by atoms with Crippen molar-refractivity contribution in [1.29, 1.82) is 0 Å². The van der Waals surface area contributed by atoms with Crippen molar-refractivity contribution in [3.8, 4) is 0 Å². The second-order valence-corrected chi connectivity index (χ2v) is 4.89. The lowest BCUT2D eigenvalue weighted by Gasteiger charge is -1.99. The molecule has 0 fully saturated rings. The van der Waals surface area contributed by atoms with E-state index in [0.29, 0.717) is 9.60 Å². The molecule has 0 bridgehead atoms. The van der Waals surface area contributed by atoms with Crippen LogP contribution in [-0.4, -0.2) is 0 Å². The fourth-order valence-corrected chi connectivity index (χ4v) is 2.67. The van der Waals surface area contributed by atoms with E-state index in [1.54, 1.807) is 0 Å². The molecular weight excluding hydrogens is 306 g/mol. The Hall–Kier alpha value is 0.190. The van der Waals surface area contributed by atoms with E-state index in [1.165, 1.54) is 11.3 Å². The van der Waals surface area contributed by atoms with Crippen LogP contribution in [0.2, 0.25) is 0 Å². The van der Waals surface area contributed by atoms with E-state index in [4.69, 9.17) is 0 Å². The van der Waals surface area contributed by atoms with E-state index >= 15 is 0 Å². The topological polar surface area (TPSA) is 0 Å². The lowest BCUT2D eigenvalue weighted by Crippen LogP contribution is -1.82. The van der Waals surface area contributed by atoms with Crippen molar-refractivity contribution in [2.45, 2.75) is 4.90 Å². The van der Waals surface area contributed by atoms with Crippen molar-refractivity contribution in [3.63, 3.8) is 0 Å². The molecule has 62 valence electrons. The van der Waals surface area contributed by atoms with Gasteiger partial charge in [-0.05, 0) is 45.5 Å². The zero-order chi connectivity index (χ0) is 8.72. The molecule has 1 aromatic carbocycles. The monoisotopic (exact) mass is 310 g/mol. The van der Waals surface area contributed by atoms with Gasteiger partial charge >= 0.3 is 0 Å². The molecule has 1 aromatic heterocycles. The fourth-order valence-electron chi connectivity index (χ4n) is 1.03. The highest BCUT2D eigenvalue weighted by Gasteiger charge is 2.09.